The van der Waals surface area contributed by atoms with Crippen LogP contribution in [0.5, 0.6) is 0 Å². The van der Waals surface area contributed by atoms with Gasteiger partial charge in [0.15, 0.2) is 0 Å². The number of nitrogens with one attached hydrogen (secondary N) is 1. The van der Waals surface area contributed by atoms with Crippen LogP contribution in [0.2, 0.25) is 0 Å². The fourth-order valence-corrected chi connectivity index (χ4v) is 2.44. The molecule has 3 rings (SSSR count). The van der Waals surface area contributed by atoms with Crippen LogP contribution in [0.3, 0.4) is 0 Å². The topological polar surface area (TPSA) is 85.8 Å². The van der Waals surface area contributed by atoms with Crippen molar-refractivity contribution < 1.29 is 9.21 Å². The molecule has 0 radical (unpaired) electrons. The smallest absolute Gasteiger partial charge is 0.322 e. The zero-order valence-corrected chi connectivity index (χ0v) is 13.9. The van der Waals surface area contributed by atoms with Crippen molar-refractivity contribution >= 4 is 11.9 Å². The summed E-state index contributed by atoms with van der Waals surface area (Å²) in [6, 6.07) is 9.85. The minimum Gasteiger partial charge on any atom is -0.401 e. The molecule has 0 atom stereocenters. The van der Waals surface area contributed by atoms with Gasteiger partial charge in [-0.2, -0.15) is 5.10 Å². The fourth-order valence-electron chi connectivity index (χ4n) is 2.44. The van der Waals surface area contributed by atoms with Crippen LogP contribution < -0.4 is 5.32 Å². The van der Waals surface area contributed by atoms with E-state index < -0.39 is 0 Å². The van der Waals surface area contributed by atoms with Crippen molar-refractivity contribution in [3.63, 3.8) is 0 Å². The molecular formula is C17H19N5O2. The summed E-state index contributed by atoms with van der Waals surface area (Å²) in [6.07, 6.45) is 1.93. The van der Waals surface area contributed by atoms with Gasteiger partial charge >= 0.3 is 6.01 Å². The van der Waals surface area contributed by atoms with Gasteiger partial charge < -0.3 is 4.42 Å². The first-order valence-electron chi connectivity index (χ1n) is 7.75. The van der Waals surface area contributed by atoms with Crippen LogP contribution in [-0.4, -0.2) is 25.9 Å². The third kappa shape index (κ3) is 3.51. The molecule has 1 N–H and O–H groups in total. The summed E-state index contributed by atoms with van der Waals surface area (Å²) in [4.78, 5) is 12.1. The number of benzene rings is 1. The maximum Gasteiger partial charge on any atom is 0.322 e. The molecule has 0 fully saturated rings. The highest BCUT2D eigenvalue weighted by Crippen LogP contribution is 2.22. The van der Waals surface area contributed by atoms with E-state index in [1.165, 1.54) is 0 Å². The number of hydrogen-bond donors (Lipinski definition) is 1. The molecule has 124 valence electrons. The average Bonchev–Trinajstić information content (AvgIpc) is 3.15. The number of anilines is 1. The first-order chi connectivity index (χ1) is 11.5. The Morgan fingerprint density at radius 1 is 1.29 bits per heavy atom. The Kier molecular flexibility index (Phi) is 4.41. The summed E-state index contributed by atoms with van der Waals surface area (Å²) in [5.74, 6) is 0.125. The first kappa shape index (κ1) is 15.9. The minimum atomic E-state index is -0.201. The van der Waals surface area contributed by atoms with E-state index >= 15 is 0 Å². The second-order valence-corrected chi connectivity index (χ2v) is 5.88. The van der Waals surface area contributed by atoms with E-state index in [0.29, 0.717) is 5.89 Å². The fraction of sp³-hybridized carbons (Fsp3) is 0.294. The van der Waals surface area contributed by atoms with E-state index in [2.05, 4.69) is 20.6 Å². The lowest BCUT2D eigenvalue weighted by atomic mass is 10.1. The molecule has 2 aromatic heterocycles. The van der Waals surface area contributed by atoms with Gasteiger partial charge in [0.2, 0.25) is 5.91 Å². The highest BCUT2D eigenvalue weighted by Gasteiger charge is 2.16. The van der Waals surface area contributed by atoms with E-state index in [9.17, 15) is 4.79 Å². The van der Waals surface area contributed by atoms with Crippen molar-refractivity contribution in [1.82, 2.24) is 20.0 Å². The number of carbonyl (C=O) groups excluding carboxylic acids is 1. The number of aromatic nitrogens is 4. The van der Waals surface area contributed by atoms with Gasteiger partial charge in [-0.25, -0.2) is 0 Å². The van der Waals surface area contributed by atoms with E-state index in [-0.39, 0.29) is 24.4 Å². The molecule has 0 unspecified atom stereocenters. The molecule has 0 saturated carbocycles. The maximum absolute atomic E-state index is 12.1. The largest absolute Gasteiger partial charge is 0.401 e. The number of rotatable bonds is 5. The summed E-state index contributed by atoms with van der Waals surface area (Å²) in [5.41, 5.74) is 2.77. The van der Waals surface area contributed by atoms with Crippen LogP contribution in [0.4, 0.5) is 6.01 Å². The van der Waals surface area contributed by atoms with E-state index in [1.54, 1.807) is 16.9 Å². The predicted octanol–water partition coefficient (Wildman–Crippen LogP) is 3.00. The molecule has 24 heavy (non-hydrogen) atoms. The third-order valence-corrected chi connectivity index (χ3v) is 3.50. The van der Waals surface area contributed by atoms with Gasteiger partial charge in [-0.05, 0) is 32.4 Å². The predicted molar refractivity (Wildman–Crippen MR) is 89.4 cm³/mol. The monoisotopic (exact) mass is 325 g/mol. The second-order valence-electron chi connectivity index (χ2n) is 5.88. The number of hydrogen-bond acceptors (Lipinski definition) is 5. The Morgan fingerprint density at radius 2 is 2.12 bits per heavy atom. The maximum atomic E-state index is 12.1. The van der Waals surface area contributed by atoms with Gasteiger partial charge in [-0.15, -0.1) is 5.10 Å². The van der Waals surface area contributed by atoms with E-state index in [1.807, 2.05) is 45.0 Å². The first-order valence-corrected chi connectivity index (χ1v) is 7.75. The van der Waals surface area contributed by atoms with Gasteiger partial charge in [0.1, 0.15) is 5.69 Å². The molecule has 0 aliphatic heterocycles. The summed E-state index contributed by atoms with van der Waals surface area (Å²) in [6.45, 7) is 6.01. The highest BCUT2D eigenvalue weighted by atomic mass is 16.4. The highest BCUT2D eigenvalue weighted by molar-refractivity contribution is 5.90. The average molecular weight is 325 g/mol. The zero-order chi connectivity index (χ0) is 17.1. The van der Waals surface area contributed by atoms with Crippen molar-refractivity contribution in [2.45, 2.75) is 33.2 Å². The number of nitrogens with zero attached hydrogens (tertiary/aromatic N) is 4. The Labute approximate surface area is 139 Å². The lowest BCUT2D eigenvalue weighted by Crippen LogP contribution is -2.14. The molecule has 1 aromatic carbocycles. The number of carbonyl (C=O) groups is 1. The number of aryl methyl sites for hydroxylation is 1. The molecule has 0 aliphatic carbocycles. The summed E-state index contributed by atoms with van der Waals surface area (Å²) >= 11 is 0. The Bertz CT molecular complexity index is 850. The summed E-state index contributed by atoms with van der Waals surface area (Å²) in [5, 5.41) is 14.7. The van der Waals surface area contributed by atoms with Crippen LogP contribution >= 0.6 is 0 Å². The van der Waals surface area contributed by atoms with Crippen molar-refractivity contribution in [2.24, 2.45) is 0 Å². The summed E-state index contributed by atoms with van der Waals surface area (Å²) < 4.78 is 7.32. The SMILES string of the molecule is Cc1cccc(CC(=O)Nc2nnc(-c3ccnn3C(C)C)o2)c1. The van der Waals surface area contributed by atoms with Crippen molar-refractivity contribution in [2.75, 3.05) is 5.32 Å². The Morgan fingerprint density at radius 3 is 2.88 bits per heavy atom. The zero-order valence-electron chi connectivity index (χ0n) is 13.9. The number of amides is 1. The van der Waals surface area contributed by atoms with Gasteiger partial charge in [-0.3, -0.25) is 14.8 Å². The van der Waals surface area contributed by atoms with E-state index in [4.69, 9.17) is 4.42 Å². The minimum absolute atomic E-state index is 0.0826. The van der Waals surface area contributed by atoms with Crippen LogP contribution in [0, 0.1) is 6.92 Å². The van der Waals surface area contributed by atoms with Crippen molar-refractivity contribution in [1.29, 1.82) is 0 Å². The second kappa shape index (κ2) is 6.66. The molecule has 0 aliphatic rings. The lowest BCUT2D eigenvalue weighted by molar-refractivity contribution is -0.115. The van der Waals surface area contributed by atoms with Crippen molar-refractivity contribution in [3.05, 3.63) is 47.7 Å². The van der Waals surface area contributed by atoms with Gasteiger partial charge in [-0.1, -0.05) is 34.9 Å². The molecule has 3 aromatic rings. The standard InChI is InChI=1S/C17H19N5O2/c1-11(2)22-14(7-8-18-22)16-20-21-17(24-16)19-15(23)10-13-6-4-5-12(3)9-13/h4-9,11H,10H2,1-3H3,(H,19,21,23). The molecule has 0 spiro atoms. The quantitative estimate of drug-likeness (QED) is 0.779. The Balaban J connectivity index is 1.70. The molecule has 1 amide bonds. The van der Waals surface area contributed by atoms with Crippen molar-refractivity contribution in [3.8, 4) is 11.6 Å². The summed E-state index contributed by atoms with van der Waals surface area (Å²) in [7, 11) is 0. The molecule has 0 bridgehead atoms. The molecule has 2 heterocycles. The van der Waals surface area contributed by atoms with Gasteiger partial charge in [0.05, 0.1) is 6.42 Å². The van der Waals surface area contributed by atoms with Gasteiger partial charge in [0.25, 0.3) is 5.89 Å². The van der Waals surface area contributed by atoms with E-state index in [0.717, 1.165) is 16.8 Å². The Hall–Kier alpha value is -2.96. The van der Waals surface area contributed by atoms with Crippen LogP contribution in [0.1, 0.15) is 31.0 Å². The molecular weight excluding hydrogens is 306 g/mol. The van der Waals surface area contributed by atoms with Crippen LogP contribution in [0.25, 0.3) is 11.6 Å². The normalized spacial score (nSPS) is 11.0. The van der Waals surface area contributed by atoms with Crippen LogP contribution in [0.15, 0.2) is 40.9 Å². The van der Waals surface area contributed by atoms with Crippen LogP contribution in [-0.2, 0) is 11.2 Å². The molecule has 7 nitrogen and oxygen atoms in total. The molecule has 0 saturated heterocycles. The lowest BCUT2D eigenvalue weighted by Gasteiger charge is -2.07. The molecule has 7 heteroatoms. The third-order valence-electron chi connectivity index (χ3n) is 3.50. The van der Waals surface area contributed by atoms with Gasteiger partial charge in [0, 0.05) is 12.2 Å².